The van der Waals surface area contributed by atoms with Gasteiger partial charge in [0.2, 0.25) is 0 Å². The van der Waals surface area contributed by atoms with Gasteiger partial charge in [-0.1, -0.05) is 13.8 Å². The number of aromatic nitrogens is 2. The van der Waals surface area contributed by atoms with Crippen LogP contribution in [0.25, 0.3) is 0 Å². The van der Waals surface area contributed by atoms with E-state index in [4.69, 9.17) is 0 Å². The van der Waals surface area contributed by atoms with Gasteiger partial charge >= 0.3 is 0 Å². The van der Waals surface area contributed by atoms with Crippen LogP contribution in [0.1, 0.15) is 19.7 Å². The van der Waals surface area contributed by atoms with Crippen molar-refractivity contribution < 1.29 is 0 Å². The van der Waals surface area contributed by atoms with E-state index < -0.39 is 0 Å². The fourth-order valence-corrected chi connectivity index (χ4v) is 1.44. The molecule has 0 aromatic carbocycles. The summed E-state index contributed by atoms with van der Waals surface area (Å²) < 4.78 is 2.91. The van der Waals surface area contributed by atoms with Gasteiger partial charge in [-0.2, -0.15) is 0 Å². The number of halogens is 1. The molecular weight excluding hydrogens is 218 g/mol. The van der Waals surface area contributed by atoms with E-state index in [9.17, 15) is 0 Å². The predicted octanol–water partition coefficient (Wildman–Crippen LogP) is 1.68. The third-order valence-corrected chi connectivity index (χ3v) is 1.99. The average Bonchev–Trinajstić information content (AvgIpc) is 2.26. The Kier molecular flexibility index (Phi) is 3.29. The third kappa shape index (κ3) is 2.60. The highest BCUT2D eigenvalue weighted by Gasteiger charge is 2.02. The lowest BCUT2D eigenvalue weighted by atomic mass is 10.4. The van der Waals surface area contributed by atoms with Crippen LogP contribution >= 0.6 is 15.9 Å². The molecule has 0 radical (unpaired) electrons. The van der Waals surface area contributed by atoms with Crippen molar-refractivity contribution in [2.75, 3.05) is 0 Å². The Labute approximate surface area is 81.3 Å². The van der Waals surface area contributed by atoms with Crippen LogP contribution in [0.5, 0.6) is 0 Å². The molecule has 1 aromatic heterocycles. The van der Waals surface area contributed by atoms with E-state index in [0.29, 0.717) is 6.04 Å². The first-order valence-corrected chi connectivity index (χ1v) is 4.80. The topological polar surface area (TPSA) is 29.9 Å². The predicted molar refractivity (Wildman–Crippen MR) is 52.9 cm³/mol. The minimum absolute atomic E-state index is 0.500. The molecule has 0 atom stereocenters. The molecule has 0 bridgehead atoms. The van der Waals surface area contributed by atoms with E-state index >= 15 is 0 Å². The molecule has 0 saturated heterocycles. The van der Waals surface area contributed by atoms with E-state index in [1.165, 1.54) is 0 Å². The summed E-state index contributed by atoms with van der Waals surface area (Å²) in [5.74, 6) is 1.05. The zero-order valence-electron chi connectivity index (χ0n) is 7.63. The number of aryl methyl sites for hydroxylation is 1. The molecule has 68 valence electrons. The molecule has 0 unspecified atom stereocenters. The van der Waals surface area contributed by atoms with Crippen LogP contribution in [0.4, 0.5) is 0 Å². The Balaban J connectivity index is 2.57. The molecule has 0 spiro atoms. The summed E-state index contributed by atoms with van der Waals surface area (Å²) in [6, 6.07) is 0.500. The van der Waals surface area contributed by atoms with Gasteiger partial charge < -0.3 is 9.88 Å². The molecule has 4 heteroatoms. The monoisotopic (exact) mass is 231 g/mol. The molecule has 12 heavy (non-hydrogen) atoms. The van der Waals surface area contributed by atoms with Crippen LogP contribution in [0, 0.1) is 0 Å². The van der Waals surface area contributed by atoms with Gasteiger partial charge in [0, 0.05) is 19.3 Å². The largest absolute Gasteiger partial charge is 0.336 e. The highest BCUT2D eigenvalue weighted by Crippen LogP contribution is 2.07. The number of rotatable bonds is 3. The molecule has 0 aliphatic rings. The molecule has 1 aromatic rings. The lowest BCUT2D eigenvalue weighted by Crippen LogP contribution is -2.23. The Morgan fingerprint density at radius 3 is 2.75 bits per heavy atom. The Morgan fingerprint density at radius 1 is 1.67 bits per heavy atom. The van der Waals surface area contributed by atoms with Crippen LogP contribution in [0.3, 0.4) is 0 Å². The maximum atomic E-state index is 4.30. The van der Waals surface area contributed by atoms with Crippen LogP contribution in [-0.4, -0.2) is 15.6 Å². The fraction of sp³-hybridized carbons (Fsp3) is 0.625. The Morgan fingerprint density at radius 2 is 2.33 bits per heavy atom. The number of nitrogens with one attached hydrogen (secondary N) is 1. The minimum Gasteiger partial charge on any atom is -0.336 e. The summed E-state index contributed by atoms with van der Waals surface area (Å²) in [6.07, 6.45) is 1.96. The van der Waals surface area contributed by atoms with Crippen LogP contribution in [0.2, 0.25) is 0 Å². The van der Waals surface area contributed by atoms with Crippen molar-refractivity contribution >= 4 is 15.9 Å². The molecule has 0 saturated carbocycles. The van der Waals surface area contributed by atoms with Crippen LogP contribution < -0.4 is 5.32 Å². The van der Waals surface area contributed by atoms with Crippen molar-refractivity contribution in [3.05, 3.63) is 16.6 Å². The van der Waals surface area contributed by atoms with Gasteiger partial charge in [-0.25, -0.2) is 4.98 Å². The zero-order valence-corrected chi connectivity index (χ0v) is 9.22. The molecule has 0 aliphatic heterocycles. The SMILES string of the molecule is CC(C)NCc1nc(Br)cn1C. The first kappa shape index (κ1) is 9.74. The van der Waals surface area contributed by atoms with E-state index in [1.54, 1.807) is 0 Å². The van der Waals surface area contributed by atoms with Crippen molar-refractivity contribution in [2.45, 2.75) is 26.4 Å². The van der Waals surface area contributed by atoms with Gasteiger partial charge in [0.05, 0.1) is 6.54 Å². The van der Waals surface area contributed by atoms with Crippen molar-refractivity contribution in [2.24, 2.45) is 7.05 Å². The van der Waals surface area contributed by atoms with Gasteiger partial charge in [0.1, 0.15) is 10.4 Å². The Bertz CT molecular complexity index is 255. The van der Waals surface area contributed by atoms with Gasteiger partial charge in [0.25, 0.3) is 0 Å². The lowest BCUT2D eigenvalue weighted by molar-refractivity contribution is 0.561. The van der Waals surface area contributed by atoms with E-state index in [2.05, 4.69) is 40.1 Å². The summed E-state index contributed by atoms with van der Waals surface area (Å²) in [4.78, 5) is 4.30. The highest BCUT2D eigenvalue weighted by molar-refractivity contribution is 9.10. The molecule has 0 aliphatic carbocycles. The second-order valence-electron chi connectivity index (χ2n) is 3.13. The maximum absolute atomic E-state index is 4.30. The minimum atomic E-state index is 0.500. The van der Waals surface area contributed by atoms with E-state index in [0.717, 1.165) is 17.0 Å². The maximum Gasteiger partial charge on any atom is 0.124 e. The average molecular weight is 232 g/mol. The van der Waals surface area contributed by atoms with Crippen molar-refractivity contribution in [1.29, 1.82) is 0 Å². The van der Waals surface area contributed by atoms with Gasteiger partial charge in [-0.05, 0) is 15.9 Å². The van der Waals surface area contributed by atoms with E-state index in [1.807, 2.05) is 17.8 Å². The number of imidazole rings is 1. The summed E-state index contributed by atoms with van der Waals surface area (Å²) in [6.45, 7) is 5.07. The first-order chi connectivity index (χ1) is 5.59. The molecular formula is C8H14BrN3. The fourth-order valence-electron chi connectivity index (χ4n) is 0.925. The van der Waals surface area contributed by atoms with Crippen molar-refractivity contribution in [1.82, 2.24) is 14.9 Å². The summed E-state index contributed by atoms with van der Waals surface area (Å²) in [5.41, 5.74) is 0. The van der Waals surface area contributed by atoms with E-state index in [-0.39, 0.29) is 0 Å². The lowest BCUT2D eigenvalue weighted by Gasteiger charge is -2.06. The van der Waals surface area contributed by atoms with Crippen molar-refractivity contribution in [3.8, 4) is 0 Å². The Hall–Kier alpha value is -0.350. The summed E-state index contributed by atoms with van der Waals surface area (Å²) >= 11 is 3.33. The zero-order chi connectivity index (χ0) is 9.14. The number of nitrogens with zero attached hydrogens (tertiary/aromatic N) is 2. The normalized spacial score (nSPS) is 11.1. The molecule has 1 heterocycles. The molecule has 1 rings (SSSR count). The molecule has 0 amide bonds. The molecule has 0 fully saturated rings. The highest BCUT2D eigenvalue weighted by atomic mass is 79.9. The van der Waals surface area contributed by atoms with Gasteiger partial charge in [-0.15, -0.1) is 0 Å². The summed E-state index contributed by atoms with van der Waals surface area (Å²) in [5, 5.41) is 3.31. The second-order valence-corrected chi connectivity index (χ2v) is 3.94. The smallest absolute Gasteiger partial charge is 0.124 e. The number of hydrogen-bond donors (Lipinski definition) is 1. The van der Waals surface area contributed by atoms with Gasteiger partial charge in [-0.3, -0.25) is 0 Å². The quantitative estimate of drug-likeness (QED) is 0.859. The molecule has 3 nitrogen and oxygen atoms in total. The van der Waals surface area contributed by atoms with Crippen LogP contribution in [-0.2, 0) is 13.6 Å². The van der Waals surface area contributed by atoms with Crippen LogP contribution in [0.15, 0.2) is 10.8 Å². The summed E-state index contributed by atoms with van der Waals surface area (Å²) in [7, 11) is 2.00. The van der Waals surface area contributed by atoms with Gasteiger partial charge in [0.15, 0.2) is 0 Å². The first-order valence-electron chi connectivity index (χ1n) is 4.00. The number of hydrogen-bond acceptors (Lipinski definition) is 2. The second kappa shape index (κ2) is 4.05. The third-order valence-electron chi connectivity index (χ3n) is 1.61. The molecule has 1 N–H and O–H groups in total. The standard InChI is InChI=1S/C8H14BrN3/c1-6(2)10-4-8-11-7(9)5-12(8)3/h5-6,10H,4H2,1-3H3. The van der Waals surface area contributed by atoms with Crippen molar-refractivity contribution in [3.63, 3.8) is 0 Å².